The molecule has 0 radical (unpaired) electrons. The molecule has 1 heterocycles. The molecule has 0 spiro atoms. The van der Waals surface area contributed by atoms with Crippen LogP contribution >= 0.6 is 0 Å². The molecule has 2 aromatic carbocycles. The molecular formula is C18H19N3O3S. The Morgan fingerprint density at radius 1 is 1.32 bits per heavy atom. The van der Waals surface area contributed by atoms with E-state index in [0.29, 0.717) is 38.8 Å². The maximum Gasteiger partial charge on any atom is 0.152 e. The highest BCUT2D eigenvalue weighted by atomic mass is 32.1. The van der Waals surface area contributed by atoms with Crippen molar-refractivity contribution < 1.29 is 14.1 Å². The lowest BCUT2D eigenvalue weighted by Gasteiger charge is -2.16. The van der Waals surface area contributed by atoms with Gasteiger partial charge in [0.2, 0.25) is 0 Å². The number of aromatic nitrogens is 2. The number of rotatable bonds is 5. The summed E-state index contributed by atoms with van der Waals surface area (Å²) in [6.07, 6.45) is 0. The third kappa shape index (κ3) is 3.16. The number of para-hydroxylation sites is 1. The van der Waals surface area contributed by atoms with Crippen molar-refractivity contribution in [1.29, 1.82) is 0 Å². The van der Waals surface area contributed by atoms with Crippen LogP contribution < -0.4 is 9.64 Å². The van der Waals surface area contributed by atoms with E-state index in [-0.39, 0.29) is 6.61 Å². The zero-order valence-corrected chi connectivity index (χ0v) is 15.1. The number of ether oxygens (including phenoxy) is 1. The minimum atomic E-state index is -0.135. The van der Waals surface area contributed by atoms with Gasteiger partial charge in [-0.3, -0.25) is 0 Å². The highest BCUT2D eigenvalue weighted by molar-refractivity contribution is 7.67. The minimum Gasteiger partial charge on any atom is -0.496 e. The molecule has 6 nitrogen and oxygen atoms in total. The molecule has 0 aliphatic carbocycles. The molecule has 3 aromatic rings. The number of nitrogens with one attached hydrogen (secondary N) is 1. The normalized spacial score (nSPS) is 10.7. The van der Waals surface area contributed by atoms with Crippen LogP contribution in [-0.4, -0.2) is 45.4 Å². The lowest BCUT2D eigenvalue weighted by molar-refractivity contribution is 0.274. The highest BCUT2D eigenvalue weighted by Crippen LogP contribution is 2.26. The van der Waals surface area contributed by atoms with Gasteiger partial charge in [-0.15, -0.1) is 0 Å². The Morgan fingerprint density at radius 3 is 2.72 bits per heavy atom. The van der Waals surface area contributed by atoms with Crippen LogP contribution in [0.2, 0.25) is 0 Å². The van der Waals surface area contributed by atoms with Gasteiger partial charge in [-0.05, 0) is 12.1 Å². The standard InChI is InChI=1S/C18H19N3O3S/c1-21(2)15-7-5-4-6-12(15)17(25-23)18-19-13-8-11(10-22)16(24-3)9-14(13)20-18/h4-9,22H,10H2,1-3H3,(H,19,20). The SMILES string of the molecule is COc1cc2nc(C(=S=O)c3ccccc3N(C)C)[nH]c2cc1CO. The van der Waals surface area contributed by atoms with E-state index in [1.165, 1.54) is 0 Å². The quantitative estimate of drug-likeness (QED) is 0.539. The molecule has 0 saturated carbocycles. The van der Waals surface area contributed by atoms with E-state index < -0.39 is 0 Å². The number of fused-ring (bicyclic) bond motifs is 1. The number of hydrogen-bond acceptors (Lipinski definition) is 5. The fraction of sp³-hybridized carbons (Fsp3) is 0.222. The highest BCUT2D eigenvalue weighted by Gasteiger charge is 2.17. The third-order valence-electron chi connectivity index (χ3n) is 3.98. The molecule has 0 fully saturated rings. The second-order valence-electron chi connectivity index (χ2n) is 5.75. The molecule has 0 atom stereocenters. The Bertz CT molecular complexity index is 934. The Morgan fingerprint density at radius 2 is 2.08 bits per heavy atom. The van der Waals surface area contributed by atoms with Gasteiger partial charge in [-0.1, -0.05) is 18.2 Å². The second kappa shape index (κ2) is 7.08. The smallest absolute Gasteiger partial charge is 0.152 e. The Labute approximate surface area is 149 Å². The van der Waals surface area contributed by atoms with E-state index in [1.807, 2.05) is 43.3 Å². The van der Waals surface area contributed by atoms with Crippen LogP contribution in [0, 0.1) is 0 Å². The van der Waals surface area contributed by atoms with Crippen LogP contribution in [0.5, 0.6) is 5.75 Å². The number of hydrogen-bond donors (Lipinski definition) is 2. The number of H-pyrrole nitrogens is 1. The fourth-order valence-corrected chi connectivity index (χ4v) is 3.21. The van der Waals surface area contributed by atoms with Crippen LogP contribution in [0.15, 0.2) is 36.4 Å². The predicted molar refractivity (Wildman–Crippen MR) is 101 cm³/mol. The first-order chi connectivity index (χ1) is 12.1. The second-order valence-corrected chi connectivity index (χ2v) is 6.32. The van der Waals surface area contributed by atoms with Crippen molar-refractivity contribution >= 4 is 32.8 Å². The number of aliphatic hydroxyl groups is 1. The summed E-state index contributed by atoms with van der Waals surface area (Å²) in [5.74, 6) is 1.07. The summed E-state index contributed by atoms with van der Waals surface area (Å²) in [7, 11) is 5.41. The average Bonchev–Trinajstić information content (AvgIpc) is 3.03. The van der Waals surface area contributed by atoms with Gasteiger partial charge < -0.3 is 19.7 Å². The molecule has 25 heavy (non-hydrogen) atoms. The maximum atomic E-state index is 11.9. The van der Waals surface area contributed by atoms with E-state index in [0.717, 1.165) is 16.8 Å². The lowest BCUT2D eigenvalue weighted by Crippen LogP contribution is -2.15. The number of nitrogens with zero attached hydrogens (tertiary/aromatic N) is 2. The summed E-state index contributed by atoms with van der Waals surface area (Å²) in [6, 6.07) is 11.2. The molecule has 0 amide bonds. The van der Waals surface area contributed by atoms with Crippen LogP contribution in [0.1, 0.15) is 17.0 Å². The minimum absolute atomic E-state index is 0.135. The number of imidazole rings is 1. The molecule has 130 valence electrons. The topological polar surface area (TPSA) is 78.5 Å². The molecular weight excluding hydrogens is 338 g/mol. The molecule has 0 saturated heterocycles. The molecule has 0 bridgehead atoms. The average molecular weight is 357 g/mol. The Hall–Kier alpha value is -2.64. The number of anilines is 1. The molecule has 0 aliphatic rings. The summed E-state index contributed by atoms with van der Waals surface area (Å²) < 4.78 is 17.1. The fourth-order valence-electron chi connectivity index (χ4n) is 2.77. The van der Waals surface area contributed by atoms with Gasteiger partial charge in [-0.25, -0.2) is 9.19 Å². The molecule has 1 aromatic heterocycles. The van der Waals surface area contributed by atoms with Gasteiger partial charge in [0.15, 0.2) is 5.82 Å². The van der Waals surface area contributed by atoms with Crippen molar-refractivity contribution in [2.75, 3.05) is 26.1 Å². The van der Waals surface area contributed by atoms with E-state index >= 15 is 0 Å². The van der Waals surface area contributed by atoms with Crippen molar-refractivity contribution in [1.82, 2.24) is 9.97 Å². The first kappa shape index (κ1) is 17.2. The van der Waals surface area contributed by atoms with Crippen LogP contribution in [0.3, 0.4) is 0 Å². The van der Waals surface area contributed by atoms with Crippen LogP contribution in [0.4, 0.5) is 5.69 Å². The first-order valence-electron chi connectivity index (χ1n) is 7.70. The summed E-state index contributed by atoms with van der Waals surface area (Å²) in [6.45, 7) is -0.135. The van der Waals surface area contributed by atoms with Gasteiger partial charge in [0.1, 0.15) is 21.9 Å². The molecule has 2 N–H and O–H groups in total. The van der Waals surface area contributed by atoms with Gasteiger partial charge in [0.25, 0.3) is 0 Å². The van der Waals surface area contributed by atoms with Gasteiger partial charge in [-0.2, -0.15) is 0 Å². The number of aromatic amines is 1. The number of aliphatic hydroxyl groups excluding tert-OH is 1. The summed E-state index contributed by atoms with van der Waals surface area (Å²) in [5, 5.41) is 9.47. The van der Waals surface area contributed by atoms with Gasteiger partial charge in [0, 0.05) is 37.0 Å². The number of methoxy groups -OCH3 is 1. The van der Waals surface area contributed by atoms with E-state index in [2.05, 4.69) is 9.97 Å². The van der Waals surface area contributed by atoms with Crippen LogP contribution in [-0.2, 0) is 17.9 Å². The third-order valence-corrected chi connectivity index (χ3v) is 4.56. The molecule has 3 rings (SSSR count). The van der Waals surface area contributed by atoms with Crippen molar-refractivity contribution in [2.45, 2.75) is 6.61 Å². The van der Waals surface area contributed by atoms with Gasteiger partial charge >= 0.3 is 0 Å². The van der Waals surface area contributed by atoms with E-state index in [1.54, 1.807) is 19.2 Å². The predicted octanol–water partition coefficient (Wildman–Crippen LogP) is 1.91. The van der Waals surface area contributed by atoms with Crippen molar-refractivity contribution in [3.05, 3.63) is 53.3 Å². The summed E-state index contributed by atoms with van der Waals surface area (Å²) in [4.78, 5) is 10.2. The van der Waals surface area contributed by atoms with E-state index in [4.69, 9.17) is 4.74 Å². The number of benzene rings is 2. The Kier molecular flexibility index (Phi) is 4.87. The first-order valence-corrected chi connectivity index (χ1v) is 8.44. The van der Waals surface area contributed by atoms with Crippen molar-refractivity contribution in [2.24, 2.45) is 0 Å². The molecule has 0 aliphatic heterocycles. The van der Waals surface area contributed by atoms with Crippen LogP contribution in [0.25, 0.3) is 11.0 Å². The molecule has 7 heteroatoms. The summed E-state index contributed by atoms with van der Waals surface area (Å²) in [5.41, 5.74) is 3.85. The van der Waals surface area contributed by atoms with Gasteiger partial charge in [0.05, 0.1) is 24.8 Å². The molecule has 0 unspecified atom stereocenters. The maximum absolute atomic E-state index is 11.9. The van der Waals surface area contributed by atoms with Crippen molar-refractivity contribution in [3.63, 3.8) is 0 Å². The van der Waals surface area contributed by atoms with Crippen molar-refractivity contribution in [3.8, 4) is 5.75 Å². The largest absolute Gasteiger partial charge is 0.496 e. The Balaban J connectivity index is 2.16. The lowest BCUT2D eigenvalue weighted by atomic mass is 10.1. The monoisotopic (exact) mass is 357 g/mol. The zero-order chi connectivity index (χ0) is 18.0. The zero-order valence-electron chi connectivity index (χ0n) is 14.2. The summed E-state index contributed by atoms with van der Waals surface area (Å²) >= 11 is 0.408. The van der Waals surface area contributed by atoms with E-state index in [9.17, 15) is 9.32 Å².